The van der Waals surface area contributed by atoms with Crippen molar-refractivity contribution in [1.82, 2.24) is 4.90 Å². The van der Waals surface area contributed by atoms with Gasteiger partial charge in [0.25, 0.3) is 5.91 Å². The van der Waals surface area contributed by atoms with Crippen LogP contribution in [0.3, 0.4) is 0 Å². The standard InChI is InChI=1S/C40H43IN2O5Si/c1-26-38(49(3,4)33-17-15-32(47-2)16-18-33)36(22-37(45)42-24-29-13-9-8-12-28(29)20-31(42)25-44)48-40(26)34-21-30(41)14-19-35(34)43(39(40)46)23-27-10-6-5-7-11-27/h5-19,21,26,31,36,38,44H,20,22-25H2,1-4H3/t26-,31+,36+,38-,40+/m1/s1. The first-order valence-electron chi connectivity index (χ1n) is 17.0. The van der Waals surface area contributed by atoms with Gasteiger partial charge in [-0.15, -0.1) is 0 Å². The highest BCUT2D eigenvalue weighted by molar-refractivity contribution is 14.1. The first-order valence-corrected chi connectivity index (χ1v) is 21.2. The molecule has 5 atom stereocenters. The summed E-state index contributed by atoms with van der Waals surface area (Å²) >= 11 is 2.31. The Bertz CT molecular complexity index is 1870. The number of amides is 2. The summed E-state index contributed by atoms with van der Waals surface area (Å²) in [6.45, 7) is 7.60. The number of ether oxygens (including phenoxy) is 2. The molecule has 0 aromatic heterocycles. The van der Waals surface area contributed by atoms with Crippen LogP contribution < -0.4 is 14.8 Å². The van der Waals surface area contributed by atoms with Crippen molar-refractivity contribution >= 4 is 53.4 Å². The molecule has 1 spiro atoms. The molecule has 7 rings (SSSR count). The summed E-state index contributed by atoms with van der Waals surface area (Å²) < 4.78 is 13.8. The smallest absolute Gasteiger partial charge is 0.264 e. The van der Waals surface area contributed by atoms with Crippen LogP contribution in [0.15, 0.2) is 97.1 Å². The molecule has 0 aliphatic carbocycles. The number of methoxy groups -OCH3 is 1. The predicted molar refractivity (Wildman–Crippen MR) is 203 cm³/mol. The molecule has 7 nitrogen and oxygen atoms in total. The molecule has 0 bridgehead atoms. The fourth-order valence-corrected chi connectivity index (χ4v) is 13.2. The number of rotatable bonds is 8. The molecule has 254 valence electrons. The van der Waals surface area contributed by atoms with Crippen LogP contribution >= 0.6 is 22.6 Å². The maximum atomic E-state index is 15.0. The molecule has 3 heterocycles. The lowest BCUT2D eigenvalue weighted by Crippen LogP contribution is -2.52. The number of hydrogen-bond donors (Lipinski definition) is 1. The van der Waals surface area contributed by atoms with Crippen molar-refractivity contribution in [3.8, 4) is 5.75 Å². The fraction of sp³-hybridized carbons (Fsp3) is 0.350. The molecule has 49 heavy (non-hydrogen) atoms. The van der Waals surface area contributed by atoms with E-state index in [2.05, 4.69) is 72.9 Å². The van der Waals surface area contributed by atoms with Gasteiger partial charge in [-0.2, -0.15) is 0 Å². The summed E-state index contributed by atoms with van der Waals surface area (Å²) in [6.07, 6.45) is 0.236. The Morgan fingerprint density at radius 2 is 1.69 bits per heavy atom. The van der Waals surface area contributed by atoms with Gasteiger partial charge in [-0.1, -0.05) is 91.9 Å². The number of halogens is 1. The van der Waals surface area contributed by atoms with Crippen LogP contribution in [0.2, 0.25) is 18.6 Å². The minimum absolute atomic E-state index is 0.0539. The van der Waals surface area contributed by atoms with Crippen LogP contribution in [0.1, 0.15) is 35.6 Å². The quantitative estimate of drug-likeness (QED) is 0.165. The highest BCUT2D eigenvalue weighted by Gasteiger charge is 2.66. The van der Waals surface area contributed by atoms with Crippen molar-refractivity contribution in [1.29, 1.82) is 0 Å². The lowest BCUT2D eigenvalue weighted by Gasteiger charge is -2.39. The highest BCUT2D eigenvalue weighted by atomic mass is 127. The molecule has 1 saturated heterocycles. The first-order chi connectivity index (χ1) is 23.6. The summed E-state index contributed by atoms with van der Waals surface area (Å²) in [4.78, 5) is 33.2. The Morgan fingerprint density at radius 1 is 1.00 bits per heavy atom. The molecule has 2 amide bonds. The van der Waals surface area contributed by atoms with Crippen LogP contribution in [-0.4, -0.2) is 55.8 Å². The third-order valence-corrected chi connectivity index (χ3v) is 16.3. The molecular weight excluding hydrogens is 743 g/mol. The van der Waals surface area contributed by atoms with Gasteiger partial charge in [0.05, 0.1) is 52.6 Å². The number of benzene rings is 4. The van der Waals surface area contributed by atoms with E-state index >= 15 is 4.79 Å². The van der Waals surface area contributed by atoms with Crippen molar-refractivity contribution in [2.75, 3.05) is 18.6 Å². The molecule has 0 unspecified atom stereocenters. The molecule has 4 aromatic carbocycles. The van der Waals surface area contributed by atoms with E-state index in [9.17, 15) is 9.90 Å². The van der Waals surface area contributed by atoms with Gasteiger partial charge in [0.1, 0.15) is 5.75 Å². The Morgan fingerprint density at radius 3 is 2.39 bits per heavy atom. The lowest BCUT2D eigenvalue weighted by atomic mass is 9.82. The number of aliphatic hydroxyl groups is 1. The zero-order valence-corrected chi connectivity index (χ0v) is 31.6. The molecule has 1 N–H and O–H groups in total. The first kappa shape index (κ1) is 34.0. The van der Waals surface area contributed by atoms with Gasteiger partial charge in [-0.3, -0.25) is 9.59 Å². The third-order valence-electron chi connectivity index (χ3n) is 11.2. The summed E-state index contributed by atoms with van der Waals surface area (Å²) in [5, 5.41) is 11.6. The van der Waals surface area contributed by atoms with Gasteiger partial charge in [0.15, 0.2) is 5.60 Å². The Balaban J connectivity index is 1.30. The number of carbonyl (C=O) groups excluding carboxylic acids is 2. The average molecular weight is 787 g/mol. The van der Waals surface area contributed by atoms with Crippen LogP contribution in [-0.2, 0) is 39.4 Å². The second kappa shape index (κ2) is 13.3. The maximum Gasteiger partial charge on any atom is 0.264 e. The predicted octanol–water partition coefficient (Wildman–Crippen LogP) is 6.40. The normalized spacial score (nSPS) is 24.7. The van der Waals surface area contributed by atoms with Crippen molar-refractivity contribution in [3.63, 3.8) is 0 Å². The summed E-state index contributed by atoms with van der Waals surface area (Å²) in [7, 11) is -0.768. The molecule has 0 saturated carbocycles. The highest BCUT2D eigenvalue weighted by Crippen LogP contribution is 2.60. The van der Waals surface area contributed by atoms with E-state index in [1.807, 2.05) is 76.5 Å². The SMILES string of the molecule is COc1ccc([Si](C)(C)[C@H]2[C@H](CC(=O)N3Cc4ccccc4C[C@H]3CO)O[C@@]3(C(=O)N(Cc4ccccc4)c4ccc(I)cc43)[C@@H]2C)cc1. The molecule has 3 aliphatic rings. The fourth-order valence-electron chi connectivity index (χ4n) is 8.74. The van der Waals surface area contributed by atoms with Crippen LogP contribution in [0.4, 0.5) is 5.69 Å². The minimum atomic E-state index is -2.43. The van der Waals surface area contributed by atoms with E-state index in [1.54, 1.807) is 7.11 Å². The Labute approximate surface area is 303 Å². The molecule has 1 fully saturated rings. The maximum absolute atomic E-state index is 15.0. The monoisotopic (exact) mass is 786 g/mol. The zero-order valence-electron chi connectivity index (χ0n) is 28.4. The minimum Gasteiger partial charge on any atom is -0.497 e. The van der Waals surface area contributed by atoms with Crippen molar-refractivity contribution in [2.24, 2.45) is 5.92 Å². The van der Waals surface area contributed by atoms with E-state index in [0.717, 1.165) is 31.7 Å². The molecule has 4 aromatic rings. The molecule has 9 heteroatoms. The third kappa shape index (κ3) is 5.82. The molecular formula is C40H43IN2O5Si. The van der Waals surface area contributed by atoms with E-state index in [-0.39, 0.29) is 42.3 Å². The zero-order chi connectivity index (χ0) is 34.5. The van der Waals surface area contributed by atoms with E-state index in [0.29, 0.717) is 19.5 Å². The average Bonchev–Trinajstić information content (AvgIpc) is 3.53. The second-order valence-electron chi connectivity index (χ2n) is 14.2. The van der Waals surface area contributed by atoms with Gasteiger partial charge in [-0.05, 0) is 81.6 Å². The number of fused-ring (bicyclic) bond motifs is 3. The Kier molecular flexibility index (Phi) is 9.23. The Hall–Kier alpha value is -3.51. The van der Waals surface area contributed by atoms with Gasteiger partial charge in [0.2, 0.25) is 5.91 Å². The van der Waals surface area contributed by atoms with Gasteiger partial charge in [-0.25, -0.2) is 0 Å². The van der Waals surface area contributed by atoms with E-state index < -0.39 is 19.8 Å². The largest absolute Gasteiger partial charge is 0.497 e. The van der Waals surface area contributed by atoms with Gasteiger partial charge >= 0.3 is 0 Å². The van der Waals surface area contributed by atoms with Crippen LogP contribution in [0.5, 0.6) is 5.75 Å². The van der Waals surface area contributed by atoms with Crippen LogP contribution in [0, 0.1) is 9.49 Å². The lowest BCUT2D eigenvalue weighted by molar-refractivity contribution is -0.151. The molecule has 0 radical (unpaired) electrons. The van der Waals surface area contributed by atoms with Crippen molar-refractivity contribution < 1.29 is 24.2 Å². The number of hydrogen-bond acceptors (Lipinski definition) is 5. The van der Waals surface area contributed by atoms with Crippen LogP contribution in [0.25, 0.3) is 0 Å². The topological polar surface area (TPSA) is 79.3 Å². The summed E-state index contributed by atoms with van der Waals surface area (Å²) in [5.74, 6) is 0.455. The second-order valence-corrected chi connectivity index (χ2v) is 20.2. The number of aliphatic hydroxyl groups excluding tert-OH is 1. The number of nitrogens with zero attached hydrogens (tertiary/aromatic N) is 2. The summed E-state index contributed by atoms with van der Waals surface area (Å²) in [6, 6.07) is 32.4. The van der Waals surface area contributed by atoms with E-state index in [4.69, 9.17) is 9.47 Å². The van der Waals surface area contributed by atoms with E-state index in [1.165, 1.54) is 10.8 Å². The van der Waals surface area contributed by atoms with Crippen molar-refractivity contribution in [3.05, 3.63) is 123 Å². The summed E-state index contributed by atoms with van der Waals surface area (Å²) in [5.41, 5.74) is 3.76. The van der Waals surface area contributed by atoms with Gasteiger partial charge in [0, 0.05) is 21.6 Å². The number of anilines is 1. The van der Waals surface area contributed by atoms with Gasteiger partial charge < -0.3 is 24.4 Å². The van der Waals surface area contributed by atoms with Crippen molar-refractivity contribution in [2.45, 2.75) is 69.2 Å². The molecule has 3 aliphatic heterocycles. The number of carbonyl (C=O) groups is 2.